The summed E-state index contributed by atoms with van der Waals surface area (Å²) in [7, 11) is -6.47. The minimum Gasteiger partial charge on any atom is -0.458 e. The van der Waals surface area contributed by atoms with Gasteiger partial charge in [-0.05, 0) is 102 Å². The van der Waals surface area contributed by atoms with Gasteiger partial charge in [-0.15, -0.1) is 0 Å². The molecule has 9 aromatic carbocycles. The van der Waals surface area contributed by atoms with Crippen LogP contribution in [0.25, 0.3) is 49.7 Å². The number of fused-ring (bicyclic) bond motifs is 7. The van der Waals surface area contributed by atoms with Crippen LogP contribution in [-0.2, 0) is 0 Å². The van der Waals surface area contributed by atoms with Crippen molar-refractivity contribution in [3.8, 4) is 39.4 Å². The first kappa shape index (κ1) is 13.9. The van der Waals surface area contributed by atoms with Crippen molar-refractivity contribution < 1.29 is 54.1 Å². The van der Waals surface area contributed by atoms with E-state index in [1.165, 1.54) is 0 Å². The molecule has 0 N–H and O–H groups in total. The molecule has 0 fully saturated rings. The van der Waals surface area contributed by atoms with Crippen LogP contribution in [-0.4, -0.2) is 18.6 Å². The molecule has 2 nitrogen and oxygen atoms in total. The van der Waals surface area contributed by atoms with Gasteiger partial charge in [0, 0.05) is 21.4 Å². The lowest BCUT2D eigenvalue weighted by Gasteiger charge is -2.37. The van der Waals surface area contributed by atoms with E-state index in [1.807, 2.05) is 0 Å². The van der Waals surface area contributed by atoms with Crippen LogP contribution in [0.15, 0.2) is 222 Å². The van der Waals surface area contributed by atoms with Crippen LogP contribution in [0.3, 0.4) is 0 Å². The maximum absolute atomic E-state index is 10.5. The first-order valence-corrected chi connectivity index (χ1v) is 20.2. The Morgan fingerprint density at radius 2 is 1.05 bits per heavy atom. The number of nitrogens with zero attached hydrogens (tertiary/aromatic N) is 1. The van der Waals surface area contributed by atoms with Gasteiger partial charge in [-0.25, -0.2) is 0 Å². The van der Waals surface area contributed by atoms with Gasteiger partial charge in [0.25, 0.3) is 5.99 Å². The molecule has 59 heavy (non-hydrogen) atoms. The number of para-hydroxylation sites is 2. The second-order valence-corrected chi connectivity index (χ2v) is 17.4. The highest BCUT2D eigenvalue weighted by Gasteiger charge is 2.44. The monoisotopic (exact) mass is 821 g/mol. The minimum absolute atomic E-state index is 0.429. The Morgan fingerprint density at radius 1 is 0.458 bits per heavy atom. The molecule has 0 radical (unpaired) electrons. The maximum Gasteiger partial charge on any atom is 0.289 e. The average Bonchev–Trinajstić information content (AvgIpc) is 0.950. The molecule has 12 rings (SSSR count). The van der Waals surface area contributed by atoms with Gasteiger partial charge in [-0.2, -0.15) is 11.6 Å². The van der Waals surface area contributed by atoms with Crippen molar-refractivity contribution in [2.45, 2.75) is 4.90 Å². The van der Waals surface area contributed by atoms with Gasteiger partial charge >= 0.3 is 0 Å². The van der Waals surface area contributed by atoms with Gasteiger partial charge in [0.1, 0.15) is 11.5 Å². The lowest BCUT2D eigenvalue weighted by atomic mass is 9.57. The van der Waals surface area contributed by atoms with Gasteiger partial charge < -0.3 is 9.30 Å². The summed E-state index contributed by atoms with van der Waals surface area (Å²) in [5.41, 5.74) is -6.39. The third kappa shape index (κ3) is 5.28. The number of benzene rings is 9. The predicted octanol–water partition coefficient (Wildman–Crippen LogP) is 9.81. The van der Waals surface area contributed by atoms with Crippen molar-refractivity contribution in [3.63, 3.8) is 0 Å². The molecule has 0 bridgehead atoms. The zero-order valence-electron chi connectivity index (χ0n) is 65.3. The van der Waals surface area contributed by atoms with Gasteiger partial charge in [-0.1, -0.05) is 169 Å². The summed E-state index contributed by atoms with van der Waals surface area (Å²) in [6, 6.07) is -39.5. The molecule has 1 aromatic heterocycles. The SMILES string of the molecule is [2H]c1c([2H])c([2H])c([Si](c2c([2H])c([2H])c([2H])c([2H])c2[2H])(c2c([2H])c([2H])c([2H])c([2H])c2[2H])c2c([2H])c([2H])c3c(c2[2H])Oc2c([2H])c(-c4c([2H])c([2H])c([2H])c(-n5c6c([2H])c([2H])c([2H])c([2H])c6c6c([2H])c([2H])c([2H])c([2H])c65)c4[2H])c([2H])c4c2B3Sc2c([2H])c([2H])c([2H])c([2H])c2-4)c([2H])c1[2H]. The molecule has 5 heteroatoms. The molecule has 0 saturated heterocycles. The fourth-order valence-corrected chi connectivity index (χ4v) is 12.1. The summed E-state index contributed by atoms with van der Waals surface area (Å²) in [6.45, 7) is 0. The second kappa shape index (κ2) is 13.7. The third-order valence-corrected chi connectivity index (χ3v) is 15.0. The van der Waals surface area contributed by atoms with E-state index in [4.69, 9.17) is 30.8 Å². The van der Waals surface area contributed by atoms with E-state index in [9.17, 15) is 23.3 Å². The standard InChI is InChI=1S/C54H36BNOSSi/c1-4-19-40(20-5-1)59(41-21-6-2-7-22-41,42-23-8-3-9-24-42)43-31-32-48-51(36-43)57-52-35-38(34-47-46-27-12-15-30-53(46)58-55(48)54(47)52)37-17-16-18-39(33-37)56-49-28-13-10-25-44(49)45-26-11-14-29-50(45)56/h1-36H/i1D,2D,3D,4D,5D,6D,7D,8D,9D,10D,11D,12D,13D,14D,15D,16D,17D,18D,19D,20D,21D,22D,23D,24D,25D,26D,27D,28D,29D,30D,31D,32D,33D,34D,35D,36D. The molecule has 2 aliphatic rings. The molecule has 10 aromatic rings. The van der Waals surface area contributed by atoms with Crippen LogP contribution >= 0.6 is 11.6 Å². The van der Waals surface area contributed by atoms with Crippen molar-refractivity contribution in [1.82, 2.24) is 4.57 Å². The zero-order valence-corrected chi connectivity index (χ0v) is 31.2. The lowest BCUT2D eigenvalue weighted by Crippen LogP contribution is -2.74. The van der Waals surface area contributed by atoms with E-state index in [2.05, 4.69) is 0 Å². The normalized spacial score (nSPS) is 21.3. The topological polar surface area (TPSA) is 14.2 Å². The summed E-state index contributed by atoms with van der Waals surface area (Å²) in [5, 5.41) is -5.78. The van der Waals surface area contributed by atoms with Crippen LogP contribution in [0, 0.1) is 0 Å². The number of hydrogen-bond acceptors (Lipinski definition) is 2. The summed E-state index contributed by atoms with van der Waals surface area (Å²) < 4.78 is 341. The molecule has 0 spiro atoms. The van der Waals surface area contributed by atoms with Crippen LogP contribution in [0.5, 0.6) is 11.5 Å². The Balaban J connectivity index is 1.30. The molecule has 3 heterocycles. The quantitative estimate of drug-likeness (QED) is 0.123. The summed E-state index contributed by atoms with van der Waals surface area (Å²) in [6.07, 6.45) is 0. The van der Waals surface area contributed by atoms with E-state index in [-0.39, 0.29) is 0 Å². The Labute approximate surface area is 400 Å². The van der Waals surface area contributed by atoms with Gasteiger partial charge in [-0.3, -0.25) is 0 Å². The van der Waals surface area contributed by atoms with E-state index < -0.39 is 329 Å². The van der Waals surface area contributed by atoms with Crippen LogP contribution in [0.2, 0.25) is 0 Å². The van der Waals surface area contributed by atoms with Crippen molar-refractivity contribution in [2.24, 2.45) is 0 Å². The first-order valence-electron chi connectivity index (χ1n) is 35.3. The number of hydrogen-bond donors (Lipinski definition) is 0. The largest absolute Gasteiger partial charge is 0.458 e. The maximum atomic E-state index is 10.5. The first-order chi connectivity index (χ1) is 44.2. The minimum atomic E-state index is -6.47. The van der Waals surface area contributed by atoms with Crippen molar-refractivity contribution in [3.05, 3.63) is 218 Å². The highest BCUT2D eigenvalue weighted by atomic mass is 32.2. The van der Waals surface area contributed by atoms with Crippen LogP contribution in [0.4, 0.5) is 0 Å². The van der Waals surface area contributed by atoms with Crippen LogP contribution < -0.4 is 36.4 Å². The number of aromatic nitrogens is 1. The van der Waals surface area contributed by atoms with Gasteiger partial charge in [0.2, 0.25) is 0 Å². The van der Waals surface area contributed by atoms with E-state index >= 15 is 0 Å². The fraction of sp³-hybridized carbons (Fsp3) is 0. The lowest BCUT2D eigenvalue weighted by molar-refractivity contribution is 0.488. The zero-order chi connectivity index (χ0) is 70.2. The summed E-state index contributed by atoms with van der Waals surface area (Å²) in [5.74, 6) is -3.71. The molecule has 0 aliphatic carbocycles. The molecular weight excluding hydrogens is 750 g/mol. The van der Waals surface area contributed by atoms with E-state index in [0.717, 1.165) is 0 Å². The predicted molar refractivity (Wildman–Crippen MR) is 253 cm³/mol. The Kier molecular flexibility index (Phi) is 3.22. The van der Waals surface area contributed by atoms with E-state index in [1.54, 1.807) is 0 Å². The average molecular weight is 822 g/mol. The van der Waals surface area contributed by atoms with Crippen molar-refractivity contribution in [1.29, 1.82) is 0 Å². The highest BCUT2D eigenvalue weighted by Crippen LogP contribution is 2.45. The van der Waals surface area contributed by atoms with Crippen molar-refractivity contribution in [2.75, 3.05) is 0 Å². The second-order valence-electron chi connectivity index (χ2n) is 12.8. The molecule has 2 aliphatic heterocycles. The molecule has 0 saturated carbocycles. The molecule has 0 amide bonds. The Hall–Kier alpha value is -6.79. The molecule has 0 atom stereocenters. The number of rotatable bonds is 6. The third-order valence-electron chi connectivity index (χ3n) is 9.79. The summed E-state index contributed by atoms with van der Waals surface area (Å²) in [4.78, 5) is -0.429. The fourth-order valence-electron chi connectivity index (χ4n) is 7.35. The number of ether oxygens (including phenoxy) is 1. The van der Waals surface area contributed by atoms with Gasteiger partial charge in [0.05, 0.1) is 60.4 Å². The molecular formula is C54H36BNOSSi. The smallest absolute Gasteiger partial charge is 0.289 e. The summed E-state index contributed by atoms with van der Waals surface area (Å²) >= 11 is 0.499. The van der Waals surface area contributed by atoms with E-state index in [0.29, 0.717) is 16.2 Å². The molecule has 276 valence electrons. The Morgan fingerprint density at radius 3 is 1.71 bits per heavy atom. The van der Waals surface area contributed by atoms with Crippen LogP contribution in [0.1, 0.15) is 49.3 Å². The molecule has 0 unspecified atom stereocenters. The van der Waals surface area contributed by atoms with Crippen molar-refractivity contribution >= 4 is 79.2 Å². The highest BCUT2D eigenvalue weighted by molar-refractivity contribution is 8.28. The van der Waals surface area contributed by atoms with Gasteiger partial charge in [0.15, 0.2) is 8.07 Å². The Bertz CT molecular complexity index is 5030.